The number of rotatable bonds is 5. The number of nitrogens with one attached hydrogen (secondary N) is 1. The second-order valence-corrected chi connectivity index (χ2v) is 10.5. The first-order valence-electron chi connectivity index (χ1n) is 11.4. The highest BCUT2D eigenvalue weighted by Crippen LogP contribution is 2.46. The number of nitrogens with zero attached hydrogens (tertiary/aromatic N) is 1. The second kappa shape index (κ2) is 9.47. The van der Waals surface area contributed by atoms with Crippen molar-refractivity contribution in [2.24, 2.45) is 0 Å². The van der Waals surface area contributed by atoms with E-state index in [1.54, 1.807) is 18.2 Å². The summed E-state index contributed by atoms with van der Waals surface area (Å²) in [6, 6.07) is 5.96. The molecule has 0 unspecified atom stereocenters. The number of ether oxygens (including phenoxy) is 2. The number of hydrogen-bond acceptors (Lipinski definition) is 6. The number of benzene rings is 2. The Morgan fingerprint density at radius 3 is 2.70 bits per heavy atom. The van der Waals surface area contributed by atoms with Crippen molar-refractivity contribution in [2.75, 3.05) is 13.0 Å². The first-order chi connectivity index (χ1) is 17.6. The molecule has 1 amide bonds. The molecule has 1 aliphatic carbocycles. The standard InChI is InChI=1S/C26H22F2N2O6S/c1-37(33,34)29-26(32)22-12-19-21(30(22)13-15-10-16(27)8-9-20(15)28)11-18(24-25(19)36-14-35-24)17-6-4-2-3-5-7-23(17)31/h2,4,6,8-12H,3,5,7,13-14H2,1H3,(H,29,32). The van der Waals surface area contributed by atoms with E-state index in [1.807, 2.05) is 10.8 Å². The number of carbonyl (C=O) groups excluding carboxylic acids is 2. The van der Waals surface area contributed by atoms with Gasteiger partial charge in [-0.15, -0.1) is 0 Å². The zero-order chi connectivity index (χ0) is 26.3. The molecular weight excluding hydrogens is 506 g/mol. The number of amides is 1. The molecule has 0 atom stereocenters. The summed E-state index contributed by atoms with van der Waals surface area (Å²) in [5, 5.41) is 0.390. The molecule has 2 aliphatic rings. The number of fused-ring (bicyclic) bond motifs is 3. The Bertz CT molecular complexity index is 1620. The molecule has 8 nitrogen and oxygen atoms in total. The van der Waals surface area contributed by atoms with E-state index in [0.29, 0.717) is 40.6 Å². The third-order valence-electron chi connectivity index (χ3n) is 6.13. The van der Waals surface area contributed by atoms with Gasteiger partial charge in [0.2, 0.25) is 16.8 Å². The van der Waals surface area contributed by atoms with Gasteiger partial charge in [-0.25, -0.2) is 21.9 Å². The Kier molecular flexibility index (Phi) is 6.32. The van der Waals surface area contributed by atoms with Crippen molar-refractivity contribution < 1.29 is 36.3 Å². The Balaban J connectivity index is 1.77. The van der Waals surface area contributed by atoms with Gasteiger partial charge in [0.15, 0.2) is 17.3 Å². The van der Waals surface area contributed by atoms with Crippen LogP contribution in [0.2, 0.25) is 0 Å². The Hall–Kier alpha value is -3.99. The number of hydrogen-bond donors (Lipinski definition) is 1. The summed E-state index contributed by atoms with van der Waals surface area (Å²) < 4.78 is 66.8. The summed E-state index contributed by atoms with van der Waals surface area (Å²) >= 11 is 0. The van der Waals surface area contributed by atoms with Crippen LogP contribution in [0.3, 0.4) is 0 Å². The number of halogens is 2. The molecule has 2 aromatic carbocycles. The lowest BCUT2D eigenvalue weighted by molar-refractivity contribution is -0.113. The summed E-state index contributed by atoms with van der Waals surface area (Å²) in [7, 11) is -3.93. The second-order valence-electron chi connectivity index (χ2n) is 8.80. The largest absolute Gasteiger partial charge is 0.453 e. The molecule has 192 valence electrons. The maximum absolute atomic E-state index is 14.6. The van der Waals surface area contributed by atoms with Crippen molar-refractivity contribution in [3.8, 4) is 11.5 Å². The van der Waals surface area contributed by atoms with Crippen molar-refractivity contribution in [3.05, 3.63) is 77.0 Å². The van der Waals surface area contributed by atoms with Crippen molar-refractivity contribution in [1.82, 2.24) is 9.29 Å². The normalized spacial score (nSPS) is 15.4. The van der Waals surface area contributed by atoms with Gasteiger partial charge in [0.05, 0.1) is 18.3 Å². The zero-order valence-electron chi connectivity index (χ0n) is 19.7. The van der Waals surface area contributed by atoms with E-state index >= 15 is 0 Å². The topological polar surface area (TPSA) is 104 Å². The molecule has 1 N–H and O–H groups in total. The van der Waals surface area contributed by atoms with Gasteiger partial charge >= 0.3 is 0 Å². The summed E-state index contributed by atoms with van der Waals surface area (Å²) in [5.74, 6) is -1.88. The van der Waals surface area contributed by atoms with Crippen LogP contribution in [-0.2, 0) is 21.4 Å². The fourth-order valence-electron chi connectivity index (χ4n) is 4.50. The van der Waals surface area contributed by atoms with Crippen LogP contribution in [0.1, 0.15) is 40.9 Å². The van der Waals surface area contributed by atoms with Gasteiger partial charge in [0.25, 0.3) is 5.91 Å². The monoisotopic (exact) mass is 528 g/mol. The van der Waals surface area contributed by atoms with Gasteiger partial charge in [-0.05, 0) is 43.2 Å². The minimum Gasteiger partial charge on any atom is -0.453 e. The summed E-state index contributed by atoms with van der Waals surface area (Å²) in [4.78, 5) is 26.0. The minimum atomic E-state index is -3.93. The van der Waals surface area contributed by atoms with E-state index in [-0.39, 0.29) is 36.1 Å². The molecule has 0 saturated carbocycles. The minimum absolute atomic E-state index is 0.0608. The van der Waals surface area contributed by atoms with Crippen LogP contribution in [0.5, 0.6) is 11.5 Å². The number of aromatic nitrogens is 1. The Labute approximate surface area is 211 Å². The van der Waals surface area contributed by atoms with E-state index in [2.05, 4.69) is 0 Å². The molecule has 37 heavy (non-hydrogen) atoms. The van der Waals surface area contributed by atoms with E-state index in [4.69, 9.17) is 9.47 Å². The van der Waals surface area contributed by atoms with Crippen LogP contribution >= 0.6 is 0 Å². The van der Waals surface area contributed by atoms with Crippen molar-refractivity contribution in [2.45, 2.75) is 25.8 Å². The van der Waals surface area contributed by atoms with E-state index in [9.17, 15) is 26.8 Å². The van der Waals surface area contributed by atoms with Crippen molar-refractivity contribution >= 4 is 38.2 Å². The molecule has 0 spiro atoms. The lowest BCUT2D eigenvalue weighted by Gasteiger charge is -2.15. The fourth-order valence-corrected chi connectivity index (χ4v) is 4.95. The first kappa shape index (κ1) is 24.7. The molecule has 0 bridgehead atoms. The van der Waals surface area contributed by atoms with Crippen LogP contribution in [0.25, 0.3) is 16.5 Å². The number of carbonyl (C=O) groups is 2. The quantitative estimate of drug-likeness (QED) is 0.535. The molecule has 5 rings (SSSR count). The summed E-state index contributed by atoms with van der Waals surface area (Å²) in [6.07, 6.45) is 8.02. The lowest BCUT2D eigenvalue weighted by atomic mass is 9.94. The average Bonchev–Trinajstić information content (AvgIpc) is 3.43. The van der Waals surface area contributed by atoms with Crippen LogP contribution in [0.15, 0.2) is 48.6 Å². The Morgan fingerprint density at radius 2 is 1.92 bits per heavy atom. The summed E-state index contributed by atoms with van der Waals surface area (Å²) in [5.41, 5.74) is 0.963. The lowest BCUT2D eigenvalue weighted by Crippen LogP contribution is -2.31. The number of allylic oxidation sites excluding steroid dienone is 4. The fraction of sp³-hybridized carbons (Fsp3) is 0.231. The predicted octanol–water partition coefficient (Wildman–Crippen LogP) is 4.08. The number of ketones is 1. The van der Waals surface area contributed by atoms with E-state index < -0.39 is 27.6 Å². The SMILES string of the molecule is CS(=O)(=O)NC(=O)c1cc2c3c(c(C4=CC=CCCCC4=O)cc2n1Cc1cc(F)ccc1F)OCO3. The molecule has 0 fully saturated rings. The van der Waals surface area contributed by atoms with E-state index in [0.717, 1.165) is 30.9 Å². The van der Waals surface area contributed by atoms with Crippen LogP contribution in [0, 0.1) is 11.6 Å². The van der Waals surface area contributed by atoms with Crippen molar-refractivity contribution in [3.63, 3.8) is 0 Å². The maximum Gasteiger partial charge on any atom is 0.281 e. The van der Waals surface area contributed by atoms with Crippen LogP contribution < -0.4 is 14.2 Å². The van der Waals surface area contributed by atoms with Gasteiger partial charge in [-0.3, -0.25) is 9.59 Å². The molecule has 1 aromatic heterocycles. The molecule has 11 heteroatoms. The molecule has 2 heterocycles. The third-order valence-corrected chi connectivity index (χ3v) is 6.69. The molecular formula is C26H22F2N2O6S. The smallest absolute Gasteiger partial charge is 0.281 e. The van der Waals surface area contributed by atoms with Crippen LogP contribution in [-0.4, -0.2) is 37.7 Å². The third kappa shape index (κ3) is 4.86. The average molecular weight is 529 g/mol. The van der Waals surface area contributed by atoms with Gasteiger partial charge in [-0.1, -0.05) is 18.2 Å². The maximum atomic E-state index is 14.6. The zero-order valence-corrected chi connectivity index (χ0v) is 20.5. The summed E-state index contributed by atoms with van der Waals surface area (Å²) in [6.45, 7) is -0.432. The molecule has 1 aliphatic heterocycles. The Morgan fingerprint density at radius 1 is 1.14 bits per heavy atom. The van der Waals surface area contributed by atoms with E-state index in [1.165, 1.54) is 10.6 Å². The first-order valence-corrected chi connectivity index (χ1v) is 13.3. The van der Waals surface area contributed by atoms with Gasteiger partial charge in [-0.2, -0.15) is 0 Å². The van der Waals surface area contributed by atoms with Gasteiger partial charge < -0.3 is 14.0 Å². The van der Waals surface area contributed by atoms with Crippen molar-refractivity contribution in [1.29, 1.82) is 0 Å². The van der Waals surface area contributed by atoms with Gasteiger partial charge in [0.1, 0.15) is 17.3 Å². The highest BCUT2D eigenvalue weighted by Gasteiger charge is 2.30. The molecule has 3 aromatic rings. The molecule has 0 radical (unpaired) electrons. The number of sulfonamides is 1. The number of Topliss-reactive ketones (excluding diaryl/α,β-unsaturated/α-hetero) is 1. The highest BCUT2D eigenvalue weighted by molar-refractivity contribution is 7.89. The van der Waals surface area contributed by atoms with Crippen LogP contribution in [0.4, 0.5) is 8.78 Å². The highest BCUT2D eigenvalue weighted by atomic mass is 32.2. The molecule has 0 saturated heterocycles. The van der Waals surface area contributed by atoms with Gasteiger partial charge in [0, 0.05) is 28.5 Å². The predicted molar refractivity (Wildman–Crippen MR) is 132 cm³/mol.